The number of nitrogens with one attached hydrogen (secondary N) is 2. The summed E-state index contributed by atoms with van der Waals surface area (Å²) in [4.78, 5) is 14.7. The molecular formula is C16H14Cl3N4O2+. The van der Waals surface area contributed by atoms with Crippen LogP contribution in [-0.4, -0.2) is 18.7 Å². The lowest BCUT2D eigenvalue weighted by Crippen LogP contribution is -2.28. The average Bonchev–Trinajstić information content (AvgIpc) is 2.61. The molecule has 1 amide bonds. The summed E-state index contributed by atoms with van der Waals surface area (Å²) in [6, 6.07) is 7.15. The Bertz CT molecular complexity index is 840. The van der Waals surface area contributed by atoms with Crippen molar-refractivity contribution in [1.82, 2.24) is 5.43 Å². The van der Waals surface area contributed by atoms with Crippen LogP contribution in [0.2, 0.25) is 15.2 Å². The molecule has 0 radical (unpaired) electrons. The van der Waals surface area contributed by atoms with Gasteiger partial charge in [0.25, 0.3) is 10.8 Å². The lowest BCUT2D eigenvalue weighted by atomic mass is 10.2. The number of rotatable bonds is 6. The Morgan fingerprint density at radius 2 is 2.12 bits per heavy atom. The van der Waals surface area contributed by atoms with Gasteiger partial charge in [-0.2, -0.15) is 10.1 Å². The lowest BCUT2D eigenvalue weighted by molar-refractivity contribution is -0.379. The van der Waals surface area contributed by atoms with E-state index in [0.29, 0.717) is 12.4 Å². The van der Waals surface area contributed by atoms with E-state index in [1.165, 1.54) is 6.21 Å². The molecule has 4 N–H and O–H groups in total. The molecule has 9 heteroatoms. The van der Waals surface area contributed by atoms with Crippen molar-refractivity contribution in [3.63, 3.8) is 0 Å². The molecule has 0 aliphatic rings. The van der Waals surface area contributed by atoms with Crippen molar-refractivity contribution in [1.29, 1.82) is 0 Å². The second-order valence-corrected chi connectivity index (χ2v) is 5.86. The first-order chi connectivity index (χ1) is 11.9. The van der Waals surface area contributed by atoms with Crippen molar-refractivity contribution >= 4 is 52.6 Å². The summed E-state index contributed by atoms with van der Waals surface area (Å²) in [5, 5.41) is 3.88. The van der Waals surface area contributed by atoms with Crippen LogP contribution >= 0.6 is 34.8 Å². The fourth-order valence-corrected chi connectivity index (χ4v) is 2.40. The Morgan fingerprint density at radius 3 is 2.84 bits per heavy atom. The van der Waals surface area contributed by atoms with Crippen LogP contribution in [0.1, 0.15) is 16.1 Å². The third-order valence-corrected chi connectivity index (χ3v) is 4.12. The number of hydrogen-bond acceptors (Lipinski definition) is 4. The van der Waals surface area contributed by atoms with Crippen LogP contribution in [0.25, 0.3) is 0 Å². The summed E-state index contributed by atoms with van der Waals surface area (Å²) < 4.78 is 5.42. The first-order valence-electron chi connectivity index (χ1n) is 6.96. The molecule has 0 saturated heterocycles. The molecule has 0 atom stereocenters. The number of aromatic nitrogens is 1. The lowest BCUT2D eigenvalue weighted by Gasteiger charge is -2.04. The summed E-state index contributed by atoms with van der Waals surface area (Å²) in [7, 11) is 0. The maximum absolute atomic E-state index is 12.1. The molecule has 6 nitrogen and oxygen atoms in total. The number of carbonyl (C=O) groups is 1. The zero-order valence-electron chi connectivity index (χ0n) is 12.9. The minimum absolute atomic E-state index is 0.00441. The van der Waals surface area contributed by atoms with Crippen LogP contribution in [0.15, 0.2) is 42.0 Å². The summed E-state index contributed by atoms with van der Waals surface area (Å²) in [6.45, 7) is 3.97. The first-order valence-corrected chi connectivity index (χ1v) is 8.09. The molecule has 0 bridgehead atoms. The zero-order chi connectivity index (χ0) is 18.4. The third kappa shape index (κ3) is 4.85. The van der Waals surface area contributed by atoms with Crippen LogP contribution in [0.5, 0.6) is 5.75 Å². The number of nitrogens with two attached hydrogens (primary N) is 1. The van der Waals surface area contributed by atoms with Gasteiger partial charge in [0.1, 0.15) is 22.4 Å². The molecule has 0 fully saturated rings. The normalized spacial score (nSPS) is 10.7. The minimum atomic E-state index is -0.620. The topological polar surface area (TPSA) is 90.8 Å². The van der Waals surface area contributed by atoms with Crippen LogP contribution in [0.3, 0.4) is 0 Å². The SMILES string of the molecule is C=CCOc1cccc(/C=N\NC(=O)c2[nH+]c(Cl)c(Cl)c(N)c2Cl)c1. The fraction of sp³-hybridized carbons (Fsp3) is 0.0625. The van der Waals surface area contributed by atoms with Gasteiger partial charge < -0.3 is 10.5 Å². The predicted molar refractivity (Wildman–Crippen MR) is 99.6 cm³/mol. The summed E-state index contributed by atoms with van der Waals surface area (Å²) in [6.07, 6.45) is 3.09. The van der Waals surface area contributed by atoms with E-state index >= 15 is 0 Å². The van der Waals surface area contributed by atoms with Gasteiger partial charge in [-0.1, -0.05) is 48.0 Å². The van der Waals surface area contributed by atoms with E-state index in [1.807, 2.05) is 0 Å². The largest absolute Gasteiger partial charge is 0.490 e. The highest BCUT2D eigenvalue weighted by molar-refractivity contribution is 6.45. The summed E-state index contributed by atoms with van der Waals surface area (Å²) >= 11 is 17.7. The second kappa shape index (κ2) is 8.71. The van der Waals surface area contributed by atoms with Gasteiger partial charge in [0.2, 0.25) is 0 Å². The molecule has 1 heterocycles. The average molecular weight is 401 g/mol. The molecule has 25 heavy (non-hydrogen) atoms. The summed E-state index contributed by atoms with van der Waals surface area (Å²) in [5.41, 5.74) is 8.70. The fourth-order valence-electron chi connectivity index (χ4n) is 1.79. The van der Waals surface area contributed by atoms with Crippen LogP contribution in [0.4, 0.5) is 5.69 Å². The van der Waals surface area contributed by atoms with E-state index in [-0.39, 0.29) is 26.6 Å². The van der Waals surface area contributed by atoms with Gasteiger partial charge in [-0.05, 0) is 29.3 Å². The number of nitrogens with zero attached hydrogens (tertiary/aromatic N) is 1. The van der Waals surface area contributed by atoms with Crippen molar-refractivity contribution in [3.05, 3.63) is 63.4 Å². The number of nitrogen functional groups attached to an aromatic ring is 1. The molecule has 1 aromatic heterocycles. The Balaban J connectivity index is 2.10. The van der Waals surface area contributed by atoms with Crippen molar-refractivity contribution in [3.8, 4) is 5.75 Å². The number of pyridine rings is 1. The monoisotopic (exact) mass is 399 g/mol. The van der Waals surface area contributed by atoms with E-state index in [2.05, 4.69) is 22.1 Å². The van der Waals surface area contributed by atoms with E-state index in [1.54, 1.807) is 30.3 Å². The van der Waals surface area contributed by atoms with E-state index < -0.39 is 5.91 Å². The smallest absolute Gasteiger partial charge is 0.337 e. The molecule has 1 aromatic carbocycles. The highest BCUT2D eigenvalue weighted by atomic mass is 35.5. The van der Waals surface area contributed by atoms with Crippen LogP contribution in [0, 0.1) is 0 Å². The first kappa shape index (κ1) is 19.1. The summed E-state index contributed by atoms with van der Waals surface area (Å²) in [5.74, 6) is 0.0365. The number of anilines is 1. The number of ether oxygens (including phenoxy) is 1. The second-order valence-electron chi connectivity index (χ2n) is 4.73. The van der Waals surface area contributed by atoms with Gasteiger partial charge in [0.15, 0.2) is 0 Å². The van der Waals surface area contributed by atoms with E-state index in [0.717, 1.165) is 5.56 Å². The number of carbonyl (C=O) groups excluding carboxylic acids is 1. The van der Waals surface area contributed by atoms with Crippen molar-refractivity contribution < 1.29 is 14.5 Å². The van der Waals surface area contributed by atoms with E-state index in [4.69, 9.17) is 45.3 Å². The Morgan fingerprint density at radius 1 is 1.36 bits per heavy atom. The van der Waals surface area contributed by atoms with Crippen LogP contribution in [-0.2, 0) is 0 Å². The standard InChI is InChI=1S/C16H13Cl3N4O2/c1-2-6-25-10-5-3-4-9(7-10)8-21-23-16(24)14-11(17)13(20)12(18)15(19)22-14/h2-5,7-8H,1,6H2,(H2,20,22)(H,23,24)/p+1/b21-8-. The third-order valence-electron chi connectivity index (χ3n) is 2.95. The molecule has 130 valence electrons. The molecule has 0 unspecified atom stereocenters. The molecule has 2 aromatic rings. The number of aromatic amines is 1. The van der Waals surface area contributed by atoms with Crippen LogP contribution < -0.4 is 20.9 Å². The maximum atomic E-state index is 12.1. The van der Waals surface area contributed by atoms with Gasteiger partial charge >= 0.3 is 5.91 Å². The zero-order valence-corrected chi connectivity index (χ0v) is 15.1. The van der Waals surface area contributed by atoms with Gasteiger partial charge in [0.05, 0.1) is 11.9 Å². The van der Waals surface area contributed by atoms with Gasteiger partial charge in [-0.15, -0.1) is 0 Å². The molecule has 2 rings (SSSR count). The number of benzene rings is 1. The highest BCUT2D eigenvalue weighted by Gasteiger charge is 2.25. The molecule has 0 aliphatic carbocycles. The van der Waals surface area contributed by atoms with E-state index in [9.17, 15) is 4.79 Å². The Labute approximate surface area is 159 Å². The van der Waals surface area contributed by atoms with Crippen molar-refractivity contribution in [2.24, 2.45) is 5.10 Å². The van der Waals surface area contributed by atoms with Crippen molar-refractivity contribution in [2.75, 3.05) is 12.3 Å². The number of hydrazone groups is 1. The molecule has 0 spiro atoms. The molecule has 0 saturated carbocycles. The Hall–Kier alpha value is -2.28. The minimum Gasteiger partial charge on any atom is -0.490 e. The van der Waals surface area contributed by atoms with Gasteiger partial charge in [-0.3, -0.25) is 4.79 Å². The molecular weight excluding hydrogens is 387 g/mol. The quantitative estimate of drug-likeness (QED) is 0.337. The van der Waals surface area contributed by atoms with Gasteiger partial charge in [0, 0.05) is 0 Å². The predicted octanol–water partition coefficient (Wildman–Crippen LogP) is 3.37. The highest BCUT2D eigenvalue weighted by Crippen LogP contribution is 2.31. The van der Waals surface area contributed by atoms with Gasteiger partial charge in [-0.25, -0.2) is 5.43 Å². The van der Waals surface area contributed by atoms with Crippen molar-refractivity contribution in [2.45, 2.75) is 0 Å². The number of halogens is 3. The number of amides is 1. The Kier molecular flexibility index (Phi) is 6.64. The molecule has 0 aliphatic heterocycles. The number of H-pyrrole nitrogens is 1. The number of hydrogen-bond donors (Lipinski definition) is 2. The maximum Gasteiger partial charge on any atom is 0.337 e.